The fourth-order valence-corrected chi connectivity index (χ4v) is 2.43. The summed E-state index contributed by atoms with van der Waals surface area (Å²) in [5.41, 5.74) is 1.68. The molecule has 1 amide bonds. The Hall–Kier alpha value is -1.35. The van der Waals surface area contributed by atoms with Gasteiger partial charge in [-0.3, -0.25) is 4.79 Å². The summed E-state index contributed by atoms with van der Waals surface area (Å²) in [6.45, 7) is 14.1. The van der Waals surface area contributed by atoms with Crippen LogP contribution in [-0.4, -0.2) is 44.2 Å². The Bertz CT molecular complexity index is 608. The summed E-state index contributed by atoms with van der Waals surface area (Å²) in [7, 11) is 0. The summed E-state index contributed by atoms with van der Waals surface area (Å²) < 4.78 is 5.60. The minimum Gasteiger partial charge on any atom is -0.381 e. The zero-order chi connectivity index (χ0) is 20.8. The van der Waals surface area contributed by atoms with Gasteiger partial charge in [0.1, 0.15) is 0 Å². The maximum atomic E-state index is 12.3. The second kappa shape index (κ2) is 16.4. The second-order valence-electron chi connectivity index (χ2n) is 7.43. The van der Waals surface area contributed by atoms with Crippen molar-refractivity contribution in [2.75, 3.05) is 26.3 Å². The van der Waals surface area contributed by atoms with Crippen LogP contribution in [0.4, 0.5) is 0 Å². The molecule has 166 valence electrons. The Balaban J connectivity index is 0.00000784. The maximum absolute atomic E-state index is 12.3. The van der Waals surface area contributed by atoms with Crippen molar-refractivity contribution in [3.8, 4) is 0 Å². The number of guanidine groups is 1. The van der Waals surface area contributed by atoms with Gasteiger partial charge in [-0.1, -0.05) is 32.9 Å². The topological polar surface area (TPSA) is 74.8 Å². The summed E-state index contributed by atoms with van der Waals surface area (Å²) in [4.78, 5) is 16.9. The van der Waals surface area contributed by atoms with Gasteiger partial charge < -0.3 is 20.7 Å². The highest BCUT2D eigenvalue weighted by Gasteiger charge is 2.09. The van der Waals surface area contributed by atoms with Gasteiger partial charge in [-0.2, -0.15) is 0 Å². The largest absolute Gasteiger partial charge is 0.381 e. The van der Waals surface area contributed by atoms with E-state index in [0.29, 0.717) is 18.0 Å². The van der Waals surface area contributed by atoms with Crippen molar-refractivity contribution >= 4 is 35.8 Å². The summed E-state index contributed by atoms with van der Waals surface area (Å²) in [5.74, 6) is 1.31. The van der Waals surface area contributed by atoms with Crippen molar-refractivity contribution < 1.29 is 9.53 Å². The third-order valence-electron chi connectivity index (χ3n) is 4.15. The minimum atomic E-state index is -0.0355. The monoisotopic (exact) mass is 518 g/mol. The minimum absolute atomic E-state index is 0. The molecule has 0 saturated carbocycles. The highest BCUT2D eigenvalue weighted by Crippen LogP contribution is 2.07. The molecule has 29 heavy (non-hydrogen) atoms. The van der Waals surface area contributed by atoms with E-state index in [1.165, 1.54) is 0 Å². The number of carbonyl (C=O) groups is 1. The number of hydrogen-bond acceptors (Lipinski definition) is 3. The maximum Gasteiger partial charge on any atom is 0.251 e. The van der Waals surface area contributed by atoms with E-state index >= 15 is 0 Å². The van der Waals surface area contributed by atoms with Crippen molar-refractivity contribution in [3.63, 3.8) is 0 Å². The predicted octanol–water partition coefficient (Wildman–Crippen LogP) is 3.95. The lowest BCUT2D eigenvalue weighted by Gasteiger charge is -2.13. The number of halogens is 1. The van der Waals surface area contributed by atoms with Crippen LogP contribution in [0.3, 0.4) is 0 Å². The first-order valence-corrected chi connectivity index (χ1v) is 10.5. The van der Waals surface area contributed by atoms with Crippen molar-refractivity contribution in [1.29, 1.82) is 0 Å². The number of rotatable bonds is 12. The van der Waals surface area contributed by atoms with Gasteiger partial charge in [0.15, 0.2) is 5.96 Å². The van der Waals surface area contributed by atoms with E-state index in [9.17, 15) is 4.79 Å². The molecule has 0 aromatic heterocycles. The molecule has 1 aromatic carbocycles. The van der Waals surface area contributed by atoms with Crippen LogP contribution in [0.2, 0.25) is 0 Å². The molecule has 0 radical (unpaired) electrons. The molecule has 1 rings (SSSR count). The van der Waals surface area contributed by atoms with E-state index in [0.717, 1.165) is 50.7 Å². The van der Waals surface area contributed by atoms with Gasteiger partial charge in [0.05, 0.1) is 6.54 Å². The predicted molar refractivity (Wildman–Crippen MR) is 132 cm³/mol. The first-order valence-electron chi connectivity index (χ1n) is 10.5. The lowest BCUT2D eigenvalue weighted by Crippen LogP contribution is -2.38. The van der Waals surface area contributed by atoms with Crippen LogP contribution in [0.15, 0.2) is 29.3 Å². The van der Waals surface area contributed by atoms with E-state index < -0.39 is 0 Å². The van der Waals surface area contributed by atoms with Crippen molar-refractivity contribution in [2.45, 2.75) is 60.0 Å². The van der Waals surface area contributed by atoms with Crippen molar-refractivity contribution in [1.82, 2.24) is 16.0 Å². The molecule has 0 fully saturated rings. The molecule has 1 unspecified atom stereocenters. The number of carbonyl (C=O) groups excluding carboxylic acids is 1. The van der Waals surface area contributed by atoms with Gasteiger partial charge >= 0.3 is 0 Å². The Morgan fingerprint density at radius 3 is 2.59 bits per heavy atom. The van der Waals surface area contributed by atoms with E-state index in [2.05, 4.69) is 41.7 Å². The first-order chi connectivity index (χ1) is 13.5. The molecule has 0 aliphatic rings. The average molecular weight is 518 g/mol. The lowest BCUT2D eigenvalue weighted by atomic mass is 10.1. The van der Waals surface area contributed by atoms with Crippen LogP contribution in [0.25, 0.3) is 0 Å². The Labute approximate surface area is 193 Å². The Morgan fingerprint density at radius 1 is 1.17 bits per heavy atom. The van der Waals surface area contributed by atoms with Gasteiger partial charge in [0.25, 0.3) is 5.91 Å². The summed E-state index contributed by atoms with van der Waals surface area (Å²) in [6, 6.07) is 7.81. The quantitative estimate of drug-likeness (QED) is 0.170. The van der Waals surface area contributed by atoms with Gasteiger partial charge in [-0.15, -0.1) is 24.0 Å². The molecule has 0 aliphatic carbocycles. The molecular formula is C22H39IN4O2. The zero-order valence-electron chi connectivity index (χ0n) is 18.6. The molecule has 1 atom stereocenters. The van der Waals surface area contributed by atoms with Gasteiger partial charge in [0, 0.05) is 37.9 Å². The van der Waals surface area contributed by atoms with E-state index in [4.69, 9.17) is 4.74 Å². The summed E-state index contributed by atoms with van der Waals surface area (Å²) in [5, 5.41) is 9.58. The molecule has 0 bridgehead atoms. The third-order valence-corrected chi connectivity index (χ3v) is 4.15. The zero-order valence-corrected chi connectivity index (χ0v) is 20.9. The van der Waals surface area contributed by atoms with E-state index in [1.54, 1.807) is 0 Å². The van der Waals surface area contributed by atoms with Crippen LogP contribution in [0.5, 0.6) is 0 Å². The number of aliphatic imine (C=N–C) groups is 1. The number of ether oxygens (including phenoxy) is 1. The fraction of sp³-hybridized carbons (Fsp3) is 0.636. The third kappa shape index (κ3) is 12.7. The van der Waals surface area contributed by atoms with Crippen LogP contribution in [0.1, 0.15) is 63.4 Å². The number of nitrogens with zero attached hydrogens (tertiary/aromatic N) is 1. The Kier molecular flexibility index (Phi) is 15.7. The lowest BCUT2D eigenvalue weighted by molar-refractivity contribution is 0.0939. The highest BCUT2D eigenvalue weighted by molar-refractivity contribution is 14.0. The summed E-state index contributed by atoms with van der Waals surface area (Å²) in [6.07, 6.45) is 1.85. The second-order valence-corrected chi connectivity index (χ2v) is 7.43. The highest BCUT2D eigenvalue weighted by atomic mass is 127. The molecule has 0 spiro atoms. The molecule has 0 heterocycles. The van der Waals surface area contributed by atoms with Gasteiger partial charge in [-0.05, 0) is 50.3 Å². The van der Waals surface area contributed by atoms with Crippen LogP contribution >= 0.6 is 24.0 Å². The molecule has 1 aromatic rings. The summed E-state index contributed by atoms with van der Waals surface area (Å²) >= 11 is 0. The molecule has 0 saturated heterocycles. The molecular weight excluding hydrogens is 479 g/mol. The molecule has 7 heteroatoms. The molecule has 0 aliphatic heterocycles. The smallest absolute Gasteiger partial charge is 0.251 e. The number of amides is 1. The standard InChI is InChI=1S/C22H38N4O2.HI/c1-6-18(5)26-21(27)20-11-8-10-19(14-20)15-25-22(23-7-2)24-12-9-13-28-16-17(3)4;/h8,10-11,14,17-18H,6-7,9,12-13,15-16H2,1-5H3,(H,26,27)(H2,23,24,25);1H. The van der Waals surface area contributed by atoms with E-state index in [-0.39, 0.29) is 35.9 Å². The normalized spacial score (nSPS) is 12.3. The number of benzene rings is 1. The molecule has 6 nitrogen and oxygen atoms in total. The Morgan fingerprint density at radius 2 is 1.93 bits per heavy atom. The molecule has 3 N–H and O–H groups in total. The fourth-order valence-electron chi connectivity index (χ4n) is 2.43. The first kappa shape index (κ1) is 27.6. The number of nitrogens with one attached hydrogen (secondary N) is 3. The number of hydrogen-bond donors (Lipinski definition) is 3. The van der Waals surface area contributed by atoms with E-state index in [1.807, 2.05) is 38.1 Å². The van der Waals surface area contributed by atoms with Crippen LogP contribution < -0.4 is 16.0 Å². The van der Waals surface area contributed by atoms with Gasteiger partial charge in [-0.25, -0.2) is 4.99 Å². The van der Waals surface area contributed by atoms with Crippen molar-refractivity contribution in [2.24, 2.45) is 10.9 Å². The van der Waals surface area contributed by atoms with Crippen molar-refractivity contribution in [3.05, 3.63) is 35.4 Å². The van der Waals surface area contributed by atoms with Crippen LogP contribution in [-0.2, 0) is 11.3 Å². The van der Waals surface area contributed by atoms with Crippen LogP contribution in [0, 0.1) is 5.92 Å². The average Bonchev–Trinajstić information content (AvgIpc) is 2.68. The SMILES string of the molecule is CCNC(=NCc1cccc(C(=O)NC(C)CC)c1)NCCCOCC(C)C.I. The van der Waals surface area contributed by atoms with Gasteiger partial charge in [0.2, 0.25) is 0 Å².